The van der Waals surface area contributed by atoms with E-state index in [2.05, 4.69) is 38.6 Å². The summed E-state index contributed by atoms with van der Waals surface area (Å²) in [6.07, 6.45) is 20.9. The first kappa shape index (κ1) is 33.1. The Bertz CT molecular complexity index is 1020. The molecular weight excluding hydrogens is 611 g/mol. The first-order valence-corrected chi connectivity index (χ1v) is 16.0. The second-order valence-electron chi connectivity index (χ2n) is 9.84. The monoisotopic (exact) mass is 650 g/mol. The Morgan fingerprint density at radius 2 is 1.26 bits per heavy atom. The predicted octanol–water partition coefficient (Wildman–Crippen LogP) is 10.3. The van der Waals surface area contributed by atoms with Crippen LogP contribution in [0.5, 0.6) is 0 Å². The minimum Gasteiger partial charge on any atom is -0.338 e. The third-order valence-electron chi connectivity index (χ3n) is 6.59. The summed E-state index contributed by atoms with van der Waals surface area (Å²) < 4.78 is 1.33. The molecule has 1 aromatic carbocycles. The normalized spacial score (nSPS) is 11.2. The number of benzene rings is 1. The molecule has 38 heavy (non-hydrogen) atoms. The van der Waals surface area contributed by atoms with E-state index in [1.807, 2.05) is 0 Å². The van der Waals surface area contributed by atoms with Gasteiger partial charge in [0.05, 0.1) is 10.0 Å². The highest BCUT2D eigenvalue weighted by Gasteiger charge is 2.19. The smallest absolute Gasteiger partial charge is 0.320 e. The number of unbranched alkanes of at least 4 members (excludes halogenated alkanes) is 15. The molecule has 3 N–H and O–H groups in total. The molecule has 0 aliphatic rings. The van der Waals surface area contributed by atoms with E-state index in [0.29, 0.717) is 11.6 Å². The number of anilines is 1. The number of amides is 2. The Kier molecular flexibility index (Phi) is 16.5. The summed E-state index contributed by atoms with van der Waals surface area (Å²) in [6.45, 7) is 2.84. The molecule has 0 radical (unpaired) electrons. The molecule has 0 saturated carbocycles. The van der Waals surface area contributed by atoms with Crippen LogP contribution in [0.1, 0.15) is 110 Å². The van der Waals surface area contributed by atoms with E-state index in [0.717, 1.165) is 17.5 Å². The molecule has 0 aliphatic carbocycles. The molecule has 0 bridgehead atoms. The summed E-state index contributed by atoms with van der Waals surface area (Å²) in [5, 5.41) is 9.09. The van der Waals surface area contributed by atoms with Gasteiger partial charge in [-0.25, -0.2) is 9.48 Å². The number of urea groups is 1. The summed E-state index contributed by atoms with van der Waals surface area (Å²) in [5.41, 5.74) is -0.186. The number of halogens is 4. The molecule has 0 spiro atoms. The molecule has 0 unspecified atom stereocenters. The van der Waals surface area contributed by atoms with Crippen LogP contribution in [-0.4, -0.2) is 22.4 Å². The van der Waals surface area contributed by atoms with Gasteiger partial charge in [0.2, 0.25) is 0 Å². The van der Waals surface area contributed by atoms with E-state index < -0.39 is 11.6 Å². The number of rotatable bonds is 19. The van der Waals surface area contributed by atoms with Gasteiger partial charge in [-0.1, -0.05) is 138 Å². The number of carbonyl (C=O) groups is 1. The SMILES string of the molecule is CCCCCCCCCCCCCCCCCCNC(=O)Nc1[nH]n(-c2c(Cl)cc(Cl)cc2Cl)c(=O)c1Br. The van der Waals surface area contributed by atoms with Crippen molar-refractivity contribution in [1.29, 1.82) is 0 Å². The van der Waals surface area contributed by atoms with E-state index in [9.17, 15) is 9.59 Å². The zero-order valence-electron chi connectivity index (χ0n) is 22.5. The summed E-state index contributed by atoms with van der Waals surface area (Å²) in [6, 6.07) is 2.58. The number of nitrogens with one attached hydrogen (secondary N) is 3. The summed E-state index contributed by atoms with van der Waals surface area (Å²) >= 11 is 21.6. The molecule has 2 aromatic rings. The van der Waals surface area contributed by atoms with Crippen molar-refractivity contribution in [3.8, 4) is 5.69 Å². The van der Waals surface area contributed by atoms with Gasteiger partial charge in [0.25, 0.3) is 5.56 Å². The largest absolute Gasteiger partial charge is 0.338 e. The van der Waals surface area contributed by atoms with E-state index in [-0.39, 0.29) is 26.0 Å². The Labute approximate surface area is 250 Å². The third-order valence-corrected chi connectivity index (χ3v) is 8.12. The molecule has 1 heterocycles. The highest BCUT2D eigenvalue weighted by molar-refractivity contribution is 9.10. The fourth-order valence-electron chi connectivity index (χ4n) is 4.44. The van der Waals surface area contributed by atoms with Crippen LogP contribution in [0.2, 0.25) is 15.1 Å². The quantitative estimate of drug-likeness (QED) is 0.132. The van der Waals surface area contributed by atoms with E-state index >= 15 is 0 Å². The lowest BCUT2D eigenvalue weighted by Gasteiger charge is -2.09. The second-order valence-corrected chi connectivity index (χ2v) is 11.9. The Balaban J connectivity index is 1.54. The van der Waals surface area contributed by atoms with Crippen LogP contribution in [0.15, 0.2) is 21.4 Å². The Morgan fingerprint density at radius 3 is 1.74 bits per heavy atom. The van der Waals surface area contributed by atoms with Gasteiger partial charge in [-0.15, -0.1) is 0 Å². The van der Waals surface area contributed by atoms with Crippen molar-refractivity contribution in [3.05, 3.63) is 42.0 Å². The first-order chi connectivity index (χ1) is 18.3. The van der Waals surface area contributed by atoms with Crippen LogP contribution in [0, 0.1) is 0 Å². The van der Waals surface area contributed by atoms with Gasteiger partial charge in [0.15, 0.2) is 0 Å². The fraction of sp³-hybridized carbons (Fsp3) is 0.643. The van der Waals surface area contributed by atoms with Crippen LogP contribution < -0.4 is 16.2 Å². The van der Waals surface area contributed by atoms with Crippen molar-refractivity contribution in [2.24, 2.45) is 0 Å². The van der Waals surface area contributed by atoms with E-state index in [1.54, 1.807) is 0 Å². The maximum atomic E-state index is 12.6. The molecule has 0 fully saturated rings. The van der Waals surface area contributed by atoms with Crippen LogP contribution in [0.4, 0.5) is 10.6 Å². The van der Waals surface area contributed by atoms with Crippen molar-refractivity contribution in [3.63, 3.8) is 0 Å². The van der Waals surface area contributed by atoms with Gasteiger partial charge in [0, 0.05) is 11.6 Å². The average Bonchev–Trinajstić information content (AvgIpc) is 3.13. The molecule has 0 atom stereocenters. The number of hydrogen-bond donors (Lipinski definition) is 3. The van der Waals surface area contributed by atoms with Gasteiger partial charge in [-0.2, -0.15) is 0 Å². The van der Waals surface area contributed by atoms with Crippen LogP contribution in [-0.2, 0) is 0 Å². The fourth-order valence-corrected chi connectivity index (χ4v) is 5.79. The van der Waals surface area contributed by atoms with Crippen LogP contribution in [0.25, 0.3) is 5.69 Å². The molecule has 2 amide bonds. The van der Waals surface area contributed by atoms with Gasteiger partial charge in [0.1, 0.15) is 16.0 Å². The molecule has 0 aliphatic heterocycles. The molecule has 10 heteroatoms. The number of aromatic nitrogens is 2. The van der Waals surface area contributed by atoms with Crippen LogP contribution >= 0.6 is 50.7 Å². The lowest BCUT2D eigenvalue weighted by atomic mass is 10.0. The second kappa shape index (κ2) is 19.0. The first-order valence-electron chi connectivity index (χ1n) is 14.1. The summed E-state index contributed by atoms with van der Waals surface area (Å²) in [4.78, 5) is 25.0. The molecular formula is C28H42BrCl3N4O2. The van der Waals surface area contributed by atoms with Crippen molar-refractivity contribution in [2.45, 2.75) is 110 Å². The van der Waals surface area contributed by atoms with Crippen molar-refractivity contribution >= 4 is 62.6 Å². The molecule has 0 saturated heterocycles. The van der Waals surface area contributed by atoms with E-state index in [1.165, 1.54) is 102 Å². The number of nitrogens with zero attached hydrogens (tertiary/aromatic N) is 1. The van der Waals surface area contributed by atoms with Gasteiger partial charge >= 0.3 is 6.03 Å². The lowest BCUT2D eigenvalue weighted by Crippen LogP contribution is -2.29. The summed E-state index contributed by atoms with van der Waals surface area (Å²) in [5.74, 6) is 0.210. The standard InChI is InChI=1S/C28H42BrCl3N4O2/c1-2-3-4-5-6-7-8-9-10-11-12-13-14-15-16-17-18-33-28(38)34-26-24(29)27(37)36(35-26)25-22(31)19-21(30)20-23(25)32/h19-20,35H,2-18H2,1H3,(H2,33,34,38). The van der Waals surface area contributed by atoms with Crippen molar-refractivity contribution in [1.82, 2.24) is 15.1 Å². The maximum Gasteiger partial charge on any atom is 0.320 e. The Hall–Kier alpha value is -1.15. The molecule has 1 aromatic heterocycles. The minimum atomic E-state index is -0.441. The maximum absolute atomic E-state index is 12.6. The van der Waals surface area contributed by atoms with Crippen molar-refractivity contribution in [2.75, 3.05) is 11.9 Å². The number of carbonyl (C=O) groups excluding carboxylic acids is 1. The number of aromatic amines is 1. The molecule has 214 valence electrons. The number of hydrogen-bond acceptors (Lipinski definition) is 2. The van der Waals surface area contributed by atoms with Crippen LogP contribution in [0.3, 0.4) is 0 Å². The topological polar surface area (TPSA) is 78.9 Å². The highest BCUT2D eigenvalue weighted by Crippen LogP contribution is 2.32. The highest BCUT2D eigenvalue weighted by atomic mass is 79.9. The Morgan fingerprint density at radius 1 is 0.816 bits per heavy atom. The zero-order chi connectivity index (χ0) is 27.8. The minimum absolute atomic E-state index is 0.164. The third kappa shape index (κ3) is 11.9. The van der Waals surface area contributed by atoms with Gasteiger partial charge < -0.3 is 5.32 Å². The zero-order valence-corrected chi connectivity index (χ0v) is 26.3. The van der Waals surface area contributed by atoms with E-state index in [4.69, 9.17) is 34.8 Å². The summed E-state index contributed by atoms with van der Waals surface area (Å²) in [7, 11) is 0. The lowest BCUT2D eigenvalue weighted by molar-refractivity contribution is 0.251. The molecule has 6 nitrogen and oxygen atoms in total. The predicted molar refractivity (Wildman–Crippen MR) is 166 cm³/mol. The van der Waals surface area contributed by atoms with Gasteiger partial charge in [-0.3, -0.25) is 15.2 Å². The molecule has 2 rings (SSSR count). The average molecular weight is 653 g/mol. The van der Waals surface area contributed by atoms with Gasteiger partial charge in [-0.05, 0) is 34.5 Å². The number of H-pyrrole nitrogens is 1. The van der Waals surface area contributed by atoms with Crippen molar-refractivity contribution < 1.29 is 4.79 Å².